The van der Waals surface area contributed by atoms with E-state index in [4.69, 9.17) is 8.83 Å². The van der Waals surface area contributed by atoms with E-state index in [-0.39, 0.29) is 11.7 Å². The normalized spacial score (nSPS) is 10.8. The molecule has 0 bridgehead atoms. The standard InChI is InChI=1S/C17H17N3O3S/c1-10-7-11(2)15(12(3)8-10)18-14(21)9-24-17-20-19-16(23-17)13-5-4-6-22-13/h4-8H,9H2,1-3H3,(H,18,21). The molecule has 1 N–H and O–H groups in total. The Morgan fingerprint density at radius 3 is 2.62 bits per heavy atom. The Kier molecular flexibility index (Phi) is 4.71. The number of amides is 1. The molecule has 0 aliphatic rings. The summed E-state index contributed by atoms with van der Waals surface area (Å²) in [6.45, 7) is 6.00. The molecular weight excluding hydrogens is 326 g/mol. The first-order valence-corrected chi connectivity index (χ1v) is 8.39. The number of nitrogens with one attached hydrogen (secondary N) is 1. The zero-order valence-electron chi connectivity index (χ0n) is 13.6. The molecule has 0 fully saturated rings. The second-order valence-electron chi connectivity index (χ2n) is 5.46. The van der Waals surface area contributed by atoms with Gasteiger partial charge in [-0.15, -0.1) is 10.2 Å². The highest BCUT2D eigenvalue weighted by Crippen LogP contribution is 2.25. The molecule has 2 heterocycles. The highest BCUT2D eigenvalue weighted by molar-refractivity contribution is 7.99. The summed E-state index contributed by atoms with van der Waals surface area (Å²) in [5, 5.41) is 11.1. The monoisotopic (exact) mass is 343 g/mol. The molecule has 3 aromatic rings. The van der Waals surface area contributed by atoms with Crippen LogP contribution in [-0.4, -0.2) is 21.9 Å². The number of nitrogens with zero attached hydrogens (tertiary/aromatic N) is 2. The number of aromatic nitrogens is 2. The number of hydrogen-bond acceptors (Lipinski definition) is 6. The third-order valence-electron chi connectivity index (χ3n) is 3.41. The van der Waals surface area contributed by atoms with Gasteiger partial charge in [0.25, 0.3) is 11.1 Å². The molecule has 3 rings (SSSR count). The molecule has 0 aliphatic heterocycles. The molecule has 0 spiro atoms. The van der Waals surface area contributed by atoms with Gasteiger partial charge in [0.2, 0.25) is 5.91 Å². The van der Waals surface area contributed by atoms with E-state index in [1.165, 1.54) is 23.6 Å². The molecule has 2 aromatic heterocycles. The van der Waals surface area contributed by atoms with Gasteiger partial charge in [-0.3, -0.25) is 4.79 Å². The first-order valence-electron chi connectivity index (χ1n) is 7.41. The fourth-order valence-corrected chi connectivity index (χ4v) is 3.01. The minimum Gasteiger partial charge on any atom is -0.459 e. The van der Waals surface area contributed by atoms with Gasteiger partial charge in [0, 0.05) is 5.69 Å². The average Bonchev–Trinajstić information content (AvgIpc) is 3.19. The fraction of sp³-hybridized carbons (Fsp3) is 0.235. The van der Waals surface area contributed by atoms with Crippen molar-refractivity contribution in [3.63, 3.8) is 0 Å². The molecule has 0 radical (unpaired) electrons. The average molecular weight is 343 g/mol. The number of anilines is 1. The van der Waals surface area contributed by atoms with E-state index in [1.807, 2.05) is 32.9 Å². The second-order valence-corrected chi connectivity index (χ2v) is 6.39. The van der Waals surface area contributed by atoms with E-state index in [0.717, 1.165) is 16.8 Å². The van der Waals surface area contributed by atoms with Gasteiger partial charge >= 0.3 is 0 Å². The van der Waals surface area contributed by atoms with Crippen LogP contribution in [0.3, 0.4) is 0 Å². The predicted octanol–water partition coefficient (Wildman–Crippen LogP) is 3.99. The van der Waals surface area contributed by atoms with E-state index >= 15 is 0 Å². The van der Waals surface area contributed by atoms with Gasteiger partial charge in [-0.1, -0.05) is 29.5 Å². The molecule has 124 valence electrons. The first-order chi connectivity index (χ1) is 11.5. The van der Waals surface area contributed by atoms with Crippen molar-refractivity contribution in [3.8, 4) is 11.7 Å². The SMILES string of the molecule is Cc1cc(C)c(NC(=O)CSc2nnc(-c3ccco3)o2)c(C)c1. The molecule has 6 nitrogen and oxygen atoms in total. The van der Waals surface area contributed by atoms with E-state index < -0.39 is 0 Å². The fourth-order valence-electron chi connectivity index (χ4n) is 2.45. The van der Waals surface area contributed by atoms with Gasteiger partial charge in [0.05, 0.1) is 12.0 Å². The lowest BCUT2D eigenvalue weighted by Crippen LogP contribution is -2.15. The maximum absolute atomic E-state index is 12.2. The van der Waals surface area contributed by atoms with E-state index in [9.17, 15) is 4.79 Å². The highest BCUT2D eigenvalue weighted by Gasteiger charge is 2.14. The topological polar surface area (TPSA) is 81.2 Å². The number of hydrogen-bond donors (Lipinski definition) is 1. The zero-order valence-corrected chi connectivity index (χ0v) is 14.4. The summed E-state index contributed by atoms with van der Waals surface area (Å²) in [6, 6.07) is 7.57. The van der Waals surface area contributed by atoms with Crippen LogP contribution >= 0.6 is 11.8 Å². The molecule has 0 atom stereocenters. The van der Waals surface area contributed by atoms with Gasteiger partial charge < -0.3 is 14.2 Å². The van der Waals surface area contributed by atoms with Crippen molar-refractivity contribution in [1.82, 2.24) is 10.2 Å². The number of carbonyl (C=O) groups excluding carboxylic acids is 1. The van der Waals surface area contributed by atoms with E-state index in [0.29, 0.717) is 16.9 Å². The van der Waals surface area contributed by atoms with Crippen LogP contribution < -0.4 is 5.32 Å². The Labute approximate surface area is 143 Å². The lowest BCUT2D eigenvalue weighted by Gasteiger charge is -2.12. The summed E-state index contributed by atoms with van der Waals surface area (Å²) in [7, 11) is 0. The van der Waals surface area contributed by atoms with Crippen molar-refractivity contribution in [2.24, 2.45) is 0 Å². The third kappa shape index (κ3) is 3.68. The molecule has 7 heteroatoms. The quantitative estimate of drug-likeness (QED) is 0.706. The minimum atomic E-state index is -0.118. The van der Waals surface area contributed by atoms with Crippen molar-refractivity contribution < 1.29 is 13.6 Å². The number of rotatable bonds is 5. The van der Waals surface area contributed by atoms with Crippen LogP contribution in [0.15, 0.2) is 44.6 Å². The largest absolute Gasteiger partial charge is 0.459 e. The van der Waals surface area contributed by atoms with Crippen LogP contribution in [0.25, 0.3) is 11.7 Å². The molecular formula is C17H17N3O3S. The summed E-state index contributed by atoms with van der Waals surface area (Å²) in [4.78, 5) is 12.2. The van der Waals surface area contributed by atoms with E-state index in [2.05, 4.69) is 15.5 Å². The van der Waals surface area contributed by atoms with Gasteiger partial charge in [0.15, 0.2) is 5.76 Å². The molecule has 24 heavy (non-hydrogen) atoms. The van der Waals surface area contributed by atoms with Crippen LogP contribution in [-0.2, 0) is 4.79 Å². The molecule has 1 aromatic carbocycles. The number of benzene rings is 1. The third-order valence-corrected chi connectivity index (χ3v) is 4.23. The summed E-state index contributed by atoms with van der Waals surface area (Å²) in [5.74, 6) is 0.873. The number of carbonyl (C=O) groups is 1. The smallest absolute Gasteiger partial charge is 0.284 e. The van der Waals surface area contributed by atoms with Crippen LogP contribution in [0.2, 0.25) is 0 Å². The van der Waals surface area contributed by atoms with Crippen molar-refractivity contribution in [1.29, 1.82) is 0 Å². The van der Waals surface area contributed by atoms with Crippen molar-refractivity contribution in [3.05, 3.63) is 47.2 Å². The number of furan rings is 1. The second kappa shape index (κ2) is 6.92. The number of aryl methyl sites for hydroxylation is 3. The Morgan fingerprint density at radius 1 is 1.21 bits per heavy atom. The van der Waals surface area contributed by atoms with Crippen molar-refractivity contribution in [2.75, 3.05) is 11.1 Å². The van der Waals surface area contributed by atoms with Gasteiger partial charge in [0.1, 0.15) is 0 Å². The van der Waals surface area contributed by atoms with Gasteiger partial charge in [-0.2, -0.15) is 0 Å². The molecule has 0 aliphatic carbocycles. The van der Waals surface area contributed by atoms with Gasteiger partial charge in [-0.05, 0) is 44.0 Å². The summed E-state index contributed by atoms with van der Waals surface area (Å²) >= 11 is 1.19. The van der Waals surface area contributed by atoms with E-state index in [1.54, 1.807) is 12.1 Å². The lowest BCUT2D eigenvalue weighted by molar-refractivity contribution is -0.113. The van der Waals surface area contributed by atoms with Gasteiger partial charge in [-0.25, -0.2) is 0 Å². The van der Waals surface area contributed by atoms with Crippen LogP contribution in [0.1, 0.15) is 16.7 Å². The van der Waals surface area contributed by atoms with Crippen molar-refractivity contribution >= 4 is 23.4 Å². The predicted molar refractivity (Wildman–Crippen MR) is 92.0 cm³/mol. The Bertz CT molecular complexity index is 833. The maximum atomic E-state index is 12.2. The maximum Gasteiger partial charge on any atom is 0.284 e. The molecule has 1 amide bonds. The van der Waals surface area contributed by atoms with Crippen LogP contribution in [0.4, 0.5) is 5.69 Å². The number of thioether (sulfide) groups is 1. The Morgan fingerprint density at radius 2 is 1.96 bits per heavy atom. The summed E-state index contributed by atoms with van der Waals surface area (Å²) in [5.41, 5.74) is 4.12. The van der Waals surface area contributed by atoms with Crippen LogP contribution in [0.5, 0.6) is 0 Å². The molecule has 0 unspecified atom stereocenters. The van der Waals surface area contributed by atoms with Crippen molar-refractivity contribution in [2.45, 2.75) is 26.0 Å². The summed E-state index contributed by atoms with van der Waals surface area (Å²) < 4.78 is 10.6. The zero-order chi connectivity index (χ0) is 17.1. The molecule has 0 saturated heterocycles. The first kappa shape index (κ1) is 16.3. The minimum absolute atomic E-state index is 0.118. The lowest BCUT2D eigenvalue weighted by atomic mass is 10.1. The highest BCUT2D eigenvalue weighted by atomic mass is 32.2. The Balaban J connectivity index is 1.60. The molecule has 0 saturated carbocycles. The summed E-state index contributed by atoms with van der Waals surface area (Å²) in [6.07, 6.45) is 1.53. The Hall–Kier alpha value is -2.54. The van der Waals surface area contributed by atoms with Crippen LogP contribution in [0, 0.1) is 20.8 Å².